The number of benzene rings is 9. The monoisotopic (exact) mass is 622 g/mol. The van der Waals surface area contributed by atoms with Crippen LogP contribution in [0.2, 0.25) is 0 Å². The zero-order chi connectivity index (χ0) is 32.3. The zero-order valence-electron chi connectivity index (χ0n) is 26.7. The molecule has 228 valence electrons. The first kappa shape index (κ1) is 27.7. The Kier molecular flexibility index (Phi) is 6.25. The van der Waals surface area contributed by atoms with E-state index in [4.69, 9.17) is 4.42 Å². The van der Waals surface area contributed by atoms with Crippen molar-refractivity contribution >= 4 is 54.3 Å². The summed E-state index contributed by atoms with van der Waals surface area (Å²) in [5, 5.41) is 9.65. The lowest BCUT2D eigenvalue weighted by Crippen LogP contribution is -1.92. The Morgan fingerprint density at radius 1 is 0.265 bits per heavy atom. The molecule has 0 amide bonds. The van der Waals surface area contributed by atoms with Crippen LogP contribution in [-0.4, -0.2) is 0 Å². The van der Waals surface area contributed by atoms with Crippen LogP contribution in [-0.2, 0) is 0 Å². The van der Waals surface area contributed by atoms with Gasteiger partial charge in [0, 0.05) is 10.8 Å². The van der Waals surface area contributed by atoms with Crippen molar-refractivity contribution in [1.82, 2.24) is 0 Å². The van der Waals surface area contributed by atoms with Crippen LogP contribution < -0.4 is 0 Å². The van der Waals surface area contributed by atoms with Crippen molar-refractivity contribution in [2.45, 2.75) is 0 Å². The minimum atomic E-state index is 0.909. The molecule has 0 aliphatic rings. The normalized spacial score (nSPS) is 11.7. The van der Waals surface area contributed by atoms with Gasteiger partial charge in [-0.05, 0) is 107 Å². The fourth-order valence-electron chi connectivity index (χ4n) is 7.79. The summed E-state index contributed by atoms with van der Waals surface area (Å²) in [6.45, 7) is 0. The number of fused-ring (bicyclic) bond motifs is 6. The summed E-state index contributed by atoms with van der Waals surface area (Å²) >= 11 is 0. The highest BCUT2D eigenvalue weighted by Gasteiger charge is 2.19. The fraction of sp³-hybridized carbons (Fsp3) is 0. The molecule has 0 bridgehead atoms. The third-order valence-electron chi connectivity index (χ3n) is 10.0. The molecule has 0 saturated heterocycles. The predicted molar refractivity (Wildman–Crippen MR) is 208 cm³/mol. The van der Waals surface area contributed by atoms with E-state index in [1.165, 1.54) is 76.8 Å². The van der Waals surface area contributed by atoms with Crippen molar-refractivity contribution in [3.05, 3.63) is 182 Å². The molecule has 0 saturated carbocycles. The van der Waals surface area contributed by atoms with Gasteiger partial charge in [-0.1, -0.05) is 152 Å². The molecule has 0 radical (unpaired) electrons. The average molecular weight is 623 g/mol. The Hall–Kier alpha value is -6.44. The maximum Gasteiger partial charge on any atom is 0.136 e. The van der Waals surface area contributed by atoms with Crippen molar-refractivity contribution < 1.29 is 4.42 Å². The molecule has 1 nitrogen and oxygen atoms in total. The summed E-state index contributed by atoms with van der Waals surface area (Å²) < 4.78 is 6.39. The Morgan fingerprint density at radius 2 is 0.735 bits per heavy atom. The SMILES string of the molecule is c1ccc(-c2ccc(-c3c4ccccc4c(-c4ccc5oc6cc7ccccc7cc6c5c4)c4ccccc34)cc2-c2ccccc2)cc1. The average Bonchev–Trinajstić information content (AvgIpc) is 3.53. The molecular formula is C48H30O. The van der Waals surface area contributed by atoms with Crippen molar-refractivity contribution in [2.24, 2.45) is 0 Å². The minimum Gasteiger partial charge on any atom is -0.456 e. The first-order valence-electron chi connectivity index (χ1n) is 16.8. The quantitative estimate of drug-likeness (QED) is 0.178. The van der Waals surface area contributed by atoms with Crippen molar-refractivity contribution in [3.8, 4) is 44.5 Å². The zero-order valence-corrected chi connectivity index (χ0v) is 26.7. The lowest BCUT2D eigenvalue weighted by atomic mass is 9.84. The molecule has 1 heteroatoms. The molecule has 0 N–H and O–H groups in total. The van der Waals surface area contributed by atoms with Crippen LogP contribution in [0.5, 0.6) is 0 Å². The summed E-state index contributed by atoms with van der Waals surface area (Å²) in [5.41, 5.74) is 11.6. The van der Waals surface area contributed by atoms with Gasteiger partial charge in [0.05, 0.1) is 0 Å². The Balaban J connectivity index is 1.24. The van der Waals surface area contributed by atoms with E-state index in [1.54, 1.807) is 0 Å². The number of hydrogen-bond acceptors (Lipinski definition) is 1. The van der Waals surface area contributed by atoms with Gasteiger partial charge in [0.1, 0.15) is 11.2 Å². The van der Waals surface area contributed by atoms with Gasteiger partial charge < -0.3 is 4.42 Å². The van der Waals surface area contributed by atoms with E-state index in [-0.39, 0.29) is 0 Å². The molecule has 1 aromatic heterocycles. The smallest absolute Gasteiger partial charge is 0.136 e. The van der Waals surface area contributed by atoms with Crippen molar-refractivity contribution in [1.29, 1.82) is 0 Å². The van der Waals surface area contributed by atoms with Crippen molar-refractivity contribution in [2.75, 3.05) is 0 Å². The Morgan fingerprint density at radius 3 is 1.35 bits per heavy atom. The molecule has 10 rings (SSSR count). The summed E-state index contributed by atoms with van der Waals surface area (Å²) in [5.74, 6) is 0. The van der Waals surface area contributed by atoms with E-state index in [0.29, 0.717) is 0 Å². The molecule has 0 spiro atoms. The van der Waals surface area contributed by atoms with E-state index in [1.807, 2.05) is 0 Å². The van der Waals surface area contributed by atoms with Crippen LogP contribution in [0.15, 0.2) is 186 Å². The summed E-state index contributed by atoms with van der Waals surface area (Å²) in [7, 11) is 0. The van der Waals surface area contributed by atoms with Gasteiger partial charge in [-0.25, -0.2) is 0 Å². The van der Waals surface area contributed by atoms with Crippen LogP contribution in [0.25, 0.3) is 98.8 Å². The highest BCUT2D eigenvalue weighted by Crippen LogP contribution is 2.46. The summed E-state index contributed by atoms with van der Waals surface area (Å²) in [6, 6.07) is 65.8. The highest BCUT2D eigenvalue weighted by molar-refractivity contribution is 6.22. The van der Waals surface area contributed by atoms with Gasteiger partial charge in [-0.3, -0.25) is 0 Å². The molecule has 0 atom stereocenters. The standard InChI is InChI=1S/C48H30O/c1-3-13-31(14-4-1)37-25-23-35(28-42(37)32-15-5-2-6-16-32)47-38-19-9-11-21-40(38)48(41-22-12-10-20-39(41)47)36-24-26-45-43(29-36)44-27-33-17-7-8-18-34(33)30-46(44)49-45/h1-30H. The number of furan rings is 1. The van der Waals surface area contributed by atoms with E-state index in [2.05, 4.69) is 182 Å². The molecule has 0 aliphatic carbocycles. The third kappa shape index (κ3) is 4.47. The minimum absolute atomic E-state index is 0.909. The molecule has 1 heterocycles. The number of rotatable bonds is 4. The molecule has 9 aromatic carbocycles. The fourth-order valence-corrected chi connectivity index (χ4v) is 7.79. The van der Waals surface area contributed by atoms with E-state index < -0.39 is 0 Å². The Labute approximate surface area is 284 Å². The maximum atomic E-state index is 6.39. The topological polar surface area (TPSA) is 13.1 Å². The largest absolute Gasteiger partial charge is 0.456 e. The molecule has 0 aliphatic heterocycles. The second-order valence-corrected chi connectivity index (χ2v) is 12.8. The predicted octanol–water partition coefficient (Wildman–Crippen LogP) is 13.7. The highest BCUT2D eigenvalue weighted by atomic mass is 16.3. The lowest BCUT2D eigenvalue weighted by Gasteiger charge is -2.19. The molecular weight excluding hydrogens is 593 g/mol. The molecule has 10 aromatic rings. The van der Waals surface area contributed by atoms with Crippen LogP contribution >= 0.6 is 0 Å². The summed E-state index contributed by atoms with van der Waals surface area (Å²) in [4.78, 5) is 0. The van der Waals surface area contributed by atoms with E-state index >= 15 is 0 Å². The van der Waals surface area contributed by atoms with Gasteiger partial charge >= 0.3 is 0 Å². The van der Waals surface area contributed by atoms with Crippen molar-refractivity contribution in [3.63, 3.8) is 0 Å². The second kappa shape index (κ2) is 11.1. The Bertz CT molecular complexity index is 2800. The van der Waals surface area contributed by atoms with E-state index in [9.17, 15) is 0 Å². The van der Waals surface area contributed by atoms with Gasteiger partial charge in [0.15, 0.2) is 0 Å². The second-order valence-electron chi connectivity index (χ2n) is 12.8. The maximum absolute atomic E-state index is 6.39. The van der Waals surface area contributed by atoms with Crippen LogP contribution in [0.3, 0.4) is 0 Å². The first-order chi connectivity index (χ1) is 24.3. The van der Waals surface area contributed by atoms with Gasteiger partial charge in [0.2, 0.25) is 0 Å². The first-order valence-corrected chi connectivity index (χ1v) is 16.8. The van der Waals surface area contributed by atoms with Crippen LogP contribution in [0, 0.1) is 0 Å². The van der Waals surface area contributed by atoms with Gasteiger partial charge in [0.25, 0.3) is 0 Å². The summed E-state index contributed by atoms with van der Waals surface area (Å²) in [6.07, 6.45) is 0. The third-order valence-corrected chi connectivity index (χ3v) is 10.0. The molecule has 49 heavy (non-hydrogen) atoms. The van der Waals surface area contributed by atoms with Gasteiger partial charge in [-0.2, -0.15) is 0 Å². The molecule has 0 unspecified atom stereocenters. The van der Waals surface area contributed by atoms with Gasteiger partial charge in [-0.15, -0.1) is 0 Å². The lowest BCUT2D eigenvalue weighted by molar-refractivity contribution is 0.669. The van der Waals surface area contributed by atoms with Crippen LogP contribution in [0.4, 0.5) is 0 Å². The van der Waals surface area contributed by atoms with Crippen LogP contribution in [0.1, 0.15) is 0 Å². The van der Waals surface area contributed by atoms with E-state index in [0.717, 1.165) is 21.9 Å². The molecule has 0 fully saturated rings. The number of hydrogen-bond donors (Lipinski definition) is 0.